The lowest BCUT2D eigenvalue weighted by Gasteiger charge is -2.37. The third-order valence-electron chi connectivity index (χ3n) is 4.94. The zero-order chi connectivity index (χ0) is 17.0. The van der Waals surface area contributed by atoms with Crippen LogP contribution < -0.4 is 16.0 Å². The summed E-state index contributed by atoms with van der Waals surface area (Å²) in [5, 5.41) is 13.6. The van der Waals surface area contributed by atoms with E-state index < -0.39 is 5.54 Å². The molecule has 1 atom stereocenters. The van der Waals surface area contributed by atoms with Gasteiger partial charge in [0, 0.05) is 38.1 Å². The Balaban J connectivity index is 1.66. The molecule has 1 aromatic heterocycles. The summed E-state index contributed by atoms with van der Waals surface area (Å²) >= 11 is 0. The first kappa shape index (κ1) is 16.8. The minimum atomic E-state index is -0.631. The van der Waals surface area contributed by atoms with Gasteiger partial charge in [0.2, 0.25) is 5.91 Å². The topological polar surface area (TPSA) is 91.3 Å². The van der Waals surface area contributed by atoms with E-state index in [9.17, 15) is 9.59 Å². The Bertz CT molecular complexity index is 567. The summed E-state index contributed by atoms with van der Waals surface area (Å²) in [6, 6.07) is 1.80. The van der Waals surface area contributed by atoms with Crippen molar-refractivity contribution in [2.75, 3.05) is 32.7 Å². The highest BCUT2D eigenvalue weighted by Crippen LogP contribution is 2.27. The molecule has 2 saturated heterocycles. The SMILES string of the molecule is CCNC(=O)N1CCC(NC(=O)C2(n3cccn3)CCNCC2)C1. The molecule has 3 amide bonds. The quantitative estimate of drug-likeness (QED) is 0.716. The van der Waals surface area contributed by atoms with Gasteiger partial charge >= 0.3 is 6.03 Å². The number of likely N-dealkylation sites (tertiary alicyclic amines) is 1. The first-order valence-electron chi connectivity index (χ1n) is 8.70. The van der Waals surface area contributed by atoms with E-state index in [1.807, 2.05) is 19.2 Å². The molecule has 3 rings (SSSR count). The van der Waals surface area contributed by atoms with Crippen LogP contribution >= 0.6 is 0 Å². The molecule has 0 aromatic carbocycles. The fourth-order valence-electron chi connectivity index (χ4n) is 3.57. The third kappa shape index (κ3) is 3.24. The molecule has 2 aliphatic heterocycles. The van der Waals surface area contributed by atoms with E-state index in [-0.39, 0.29) is 18.0 Å². The molecule has 2 aliphatic rings. The van der Waals surface area contributed by atoms with E-state index >= 15 is 0 Å². The van der Waals surface area contributed by atoms with Gasteiger partial charge in [-0.1, -0.05) is 0 Å². The molecule has 0 bridgehead atoms. The Morgan fingerprint density at radius 2 is 2.17 bits per heavy atom. The van der Waals surface area contributed by atoms with Gasteiger partial charge in [0.15, 0.2) is 0 Å². The summed E-state index contributed by atoms with van der Waals surface area (Å²) in [6.07, 6.45) is 5.79. The average molecular weight is 334 g/mol. The van der Waals surface area contributed by atoms with Gasteiger partial charge in [-0.3, -0.25) is 9.48 Å². The highest BCUT2D eigenvalue weighted by atomic mass is 16.2. The van der Waals surface area contributed by atoms with Crippen molar-refractivity contribution in [1.82, 2.24) is 30.6 Å². The van der Waals surface area contributed by atoms with E-state index in [2.05, 4.69) is 21.0 Å². The molecule has 3 N–H and O–H groups in total. The van der Waals surface area contributed by atoms with Crippen LogP contribution in [-0.4, -0.2) is 65.4 Å². The normalized spacial score (nSPS) is 23.0. The first-order valence-corrected chi connectivity index (χ1v) is 8.70. The highest BCUT2D eigenvalue weighted by Gasteiger charge is 2.43. The lowest BCUT2D eigenvalue weighted by Crippen LogP contribution is -2.56. The summed E-state index contributed by atoms with van der Waals surface area (Å²) in [5.41, 5.74) is -0.631. The van der Waals surface area contributed by atoms with Crippen LogP contribution in [0, 0.1) is 0 Å². The maximum atomic E-state index is 13.1. The molecule has 1 aromatic rings. The molecule has 24 heavy (non-hydrogen) atoms. The van der Waals surface area contributed by atoms with Crippen LogP contribution in [0.25, 0.3) is 0 Å². The van der Waals surface area contributed by atoms with Gasteiger partial charge in [-0.05, 0) is 45.3 Å². The number of nitrogens with zero attached hydrogens (tertiary/aromatic N) is 3. The lowest BCUT2D eigenvalue weighted by atomic mass is 9.87. The molecule has 0 spiro atoms. The van der Waals surface area contributed by atoms with Gasteiger partial charge in [0.05, 0.1) is 0 Å². The zero-order valence-corrected chi connectivity index (χ0v) is 14.1. The number of amides is 3. The summed E-state index contributed by atoms with van der Waals surface area (Å²) in [6.45, 7) is 5.34. The van der Waals surface area contributed by atoms with Crippen molar-refractivity contribution in [1.29, 1.82) is 0 Å². The van der Waals surface area contributed by atoms with Crippen LogP contribution in [0.3, 0.4) is 0 Å². The molecule has 8 nitrogen and oxygen atoms in total. The number of nitrogens with one attached hydrogen (secondary N) is 3. The third-order valence-corrected chi connectivity index (χ3v) is 4.94. The number of aromatic nitrogens is 2. The molecular weight excluding hydrogens is 308 g/mol. The molecule has 132 valence electrons. The maximum Gasteiger partial charge on any atom is 0.317 e. The van der Waals surface area contributed by atoms with Gasteiger partial charge in [-0.2, -0.15) is 5.10 Å². The first-order chi connectivity index (χ1) is 11.7. The van der Waals surface area contributed by atoms with Gasteiger partial charge in [-0.15, -0.1) is 0 Å². The number of hydrogen-bond donors (Lipinski definition) is 3. The molecule has 3 heterocycles. The maximum absolute atomic E-state index is 13.1. The highest BCUT2D eigenvalue weighted by molar-refractivity contribution is 5.85. The van der Waals surface area contributed by atoms with Crippen LogP contribution in [0.4, 0.5) is 4.79 Å². The van der Waals surface area contributed by atoms with Crippen LogP contribution in [-0.2, 0) is 10.3 Å². The predicted octanol–water partition coefficient (Wildman–Crippen LogP) is -0.118. The minimum absolute atomic E-state index is 0.00225. The second-order valence-electron chi connectivity index (χ2n) is 6.47. The van der Waals surface area contributed by atoms with Crippen LogP contribution in [0.1, 0.15) is 26.2 Å². The lowest BCUT2D eigenvalue weighted by molar-refractivity contribution is -0.132. The Morgan fingerprint density at radius 1 is 1.38 bits per heavy atom. The van der Waals surface area contributed by atoms with Crippen molar-refractivity contribution in [3.05, 3.63) is 18.5 Å². The molecule has 8 heteroatoms. The van der Waals surface area contributed by atoms with Crippen molar-refractivity contribution in [2.24, 2.45) is 0 Å². The van der Waals surface area contributed by atoms with E-state index in [0.717, 1.165) is 19.5 Å². The number of rotatable bonds is 4. The van der Waals surface area contributed by atoms with Crippen LogP contribution in [0.15, 0.2) is 18.5 Å². The predicted molar refractivity (Wildman–Crippen MR) is 89.5 cm³/mol. The number of urea groups is 1. The Hall–Kier alpha value is -2.09. The van der Waals surface area contributed by atoms with Gasteiger partial charge in [0.25, 0.3) is 0 Å². The zero-order valence-electron chi connectivity index (χ0n) is 14.1. The number of carbonyl (C=O) groups excluding carboxylic acids is 2. The number of carbonyl (C=O) groups is 2. The molecule has 0 saturated carbocycles. The van der Waals surface area contributed by atoms with Gasteiger partial charge in [0.1, 0.15) is 5.54 Å². The van der Waals surface area contributed by atoms with Gasteiger partial charge < -0.3 is 20.9 Å². The summed E-state index contributed by atoms with van der Waals surface area (Å²) in [7, 11) is 0. The Labute approximate surface area is 142 Å². The van der Waals surface area contributed by atoms with E-state index in [4.69, 9.17) is 0 Å². The van der Waals surface area contributed by atoms with Crippen LogP contribution in [0.5, 0.6) is 0 Å². The number of piperidine rings is 1. The Kier molecular flexibility index (Phi) is 5.03. The van der Waals surface area contributed by atoms with E-state index in [0.29, 0.717) is 32.5 Å². The standard InChI is InChI=1S/C16H26N6O2/c1-2-18-15(24)21-11-4-13(12-21)20-14(23)16(5-8-17-9-6-16)22-10-3-7-19-22/h3,7,10,13,17H,2,4-6,8-9,11-12H2,1H3,(H,18,24)(H,20,23). The second-order valence-corrected chi connectivity index (χ2v) is 6.47. The van der Waals surface area contributed by atoms with Crippen LogP contribution in [0.2, 0.25) is 0 Å². The van der Waals surface area contributed by atoms with Gasteiger partial charge in [-0.25, -0.2) is 4.79 Å². The fourth-order valence-corrected chi connectivity index (χ4v) is 3.57. The Morgan fingerprint density at radius 3 is 2.83 bits per heavy atom. The summed E-state index contributed by atoms with van der Waals surface area (Å²) in [5.74, 6) is 0.00968. The molecule has 0 aliphatic carbocycles. The van der Waals surface area contributed by atoms with Crippen molar-refractivity contribution in [2.45, 2.75) is 37.8 Å². The van der Waals surface area contributed by atoms with E-state index in [1.165, 1.54) is 0 Å². The average Bonchev–Trinajstić information content (AvgIpc) is 3.28. The molecular formula is C16H26N6O2. The monoisotopic (exact) mass is 334 g/mol. The minimum Gasteiger partial charge on any atom is -0.349 e. The number of hydrogen-bond acceptors (Lipinski definition) is 4. The molecule has 2 fully saturated rings. The fraction of sp³-hybridized carbons (Fsp3) is 0.688. The summed E-state index contributed by atoms with van der Waals surface area (Å²) < 4.78 is 1.79. The molecule has 0 radical (unpaired) electrons. The smallest absolute Gasteiger partial charge is 0.317 e. The molecule has 1 unspecified atom stereocenters. The van der Waals surface area contributed by atoms with Crippen molar-refractivity contribution in [3.63, 3.8) is 0 Å². The van der Waals surface area contributed by atoms with Crippen molar-refractivity contribution < 1.29 is 9.59 Å². The van der Waals surface area contributed by atoms with Crippen molar-refractivity contribution in [3.8, 4) is 0 Å². The summed E-state index contributed by atoms with van der Waals surface area (Å²) in [4.78, 5) is 26.7. The van der Waals surface area contributed by atoms with E-state index in [1.54, 1.807) is 15.8 Å². The second kappa shape index (κ2) is 7.21. The van der Waals surface area contributed by atoms with Crippen molar-refractivity contribution >= 4 is 11.9 Å². The largest absolute Gasteiger partial charge is 0.349 e.